The van der Waals surface area contributed by atoms with Crippen LogP contribution in [-0.2, 0) is 5.60 Å². The largest absolute Gasteiger partial charge is 0.430 e. The van der Waals surface area contributed by atoms with Gasteiger partial charge in [-0.05, 0) is 55.3 Å². The Bertz CT molecular complexity index is 1190. The lowest BCUT2D eigenvalue weighted by Crippen LogP contribution is -2.54. The standard InChI is InChI=1S/C24H19F7N2O2/c1-13-3-5-15(6-4-13)16-9-17(21(34)33-14(2)20-8-7-19(25)12-32-20)11-18(10-16)22(35,23(26,27)28)24(29,30)31/h3-12,14,35H,1-2H3,(H,33,34)/t14-/m1/s1. The van der Waals surface area contributed by atoms with Crippen LogP contribution >= 0.6 is 0 Å². The third-order valence-electron chi connectivity index (χ3n) is 5.36. The van der Waals surface area contributed by atoms with Crippen LogP contribution < -0.4 is 5.32 Å². The average molecular weight is 500 g/mol. The second-order valence-corrected chi connectivity index (χ2v) is 7.97. The zero-order valence-electron chi connectivity index (χ0n) is 18.3. The molecule has 0 bridgehead atoms. The Morgan fingerprint density at radius 2 is 1.51 bits per heavy atom. The van der Waals surface area contributed by atoms with Gasteiger partial charge < -0.3 is 10.4 Å². The first-order chi connectivity index (χ1) is 16.1. The van der Waals surface area contributed by atoms with Crippen molar-refractivity contribution < 1.29 is 40.6 Å². The van der Waals surface area contributed by atoms with Crippen molar-refractivity contribution in [3.8, 4) is 11.1 Å². The van der Waals surface area contributed by atoms with Crippen LogP contribution in [0.25, 0.3) is 11.1 Å². The number of aromatic nitrogens is 1. The van der Waals surface area contributed by atoms with Gasteiger partial charge in [0, 0.05) is 11.1 Å². The third kappa shape index (κ3) is 5.29. The highest BCUT2D eigenvalue weighted by molar-refractivity contribution is 5.96. The fraction of sp³-hybridized carbons (Fsp3) is 0.250. The number of carbonyl (C=O) groups excluding carboxylic acids is 1. The summed E-state index contributed by atoms with van der Waals surface area (Å²) in [7, 11) is 0. The topological polar surface area (TPSA) is 62.2 Å². The molecule has 3 aromatic rings. The predicted octanol–water partition coefficient (Wildman–Crippen LogP) is 6.00. The molecule has 0 spiro atoms. The summed E-state index contributed by atoms with van der Waals surface area (Å²) in [6.45, 7) is 3.18. The Hall–Kier alpha value is -3.47. The van der Waals surface area contributed by atoms with Crippen LogP contribution in [0.3, 0.4) is 0 Å². The van der Waals surface area contributed by atoms with E-state index in [4.69, 9.17) is 0 Å². The first kappa shape index (κ1) is 26.1. The highest BCUT2D eigenvalue weighted by Crippen LogP contribution is 2.50. The molecule has 11 heteroatoms. The van der Waals surface area contributed by atoms with Gasteiger partial charge >= 0.3 is 12.4 Å². The van der Waals surface area contributed by atoms with E-state index in [9.17, 15) is 40.6 Å². The molecule has 2 N–H and O–H groups in total. The summed E-state index contributed by atoms with van der Waals surface area (Å²) in [6.07, 6.45) is -11.4. The summed E-state index contributed by atoms with van der Waals surface area (Å²) in [4.78, 5) is 16.6. The minimum Gasteiger partial charge on any atom is -0.369 e. The maximum absolute atomic E-state index is 13.6. The summed E-state index contributed by atoms with van der Waals surface area (Å²) >= 11 is 0. The van der Waals surface area contributed by atoms with Gasteiger partial charge in [0.05, 0.1) is 17.9 Å². The lowest BCUT2D eigenvalue weighted by atomic mass is 9.87. The van der Waals surface area contributed by atoms with E-state index in [1.807, 2.05) is 0 Å². The molecule has 0 saturated carbocycles. The van der Waals surface area contributed by atoms with Crippen molar-refractivity contribution in [2.75, 3.05) is 0 Å². The van der Waals surface area contributed by atoms with E-state index in [0.29, 0.717) is 12.1 Å². The molecule has 0 saturated heterocycles. The van der Waals surface area contributed by atoms with Crippen LogP contribution in [0.1, 0.15) is 40.1 Å². The molecule has 2 aromatic carbocycles. The normalized spacial score (nSPS) is 13.4. The maximum atomic E-state index is 13.6. The lowest BCUT2D eigenvalue weighted by molar-refractivity contribution is -0.376. The van der Waals surface area contributed by atoms with Gasteiger partial charge in [0.2, 0.25) is 0 Å². The molecular formula is C24H19F7N2O2. The Balaban J connectivity index is 2.13. The number of aliphatic hydroxyl groups is 1. The second kappa shape index (κ2) is 9.29. The van der Waals surface area contributed by atoms with Crippen molar-refractivity contribution in [2.24, 2.45) is 0 Å². The summed E-state index contributed by atoms with van der Waals surface area (Å²) in [6, 6.07) is 9.58. The molecule has 1 atom stereocenters. The number of hydrogen-bond acceptors (Lipinski definition) is 3. The summed E-state index contributed by atoms with van der Waals surface area (Å²) in [5.74, 6) is -1.66. The van der Waals surface area contributed by atoms with Crippen LogP contribution in [0, 0.1) is 12.7 Å². The molecule has 3 rings (SSSR count). The van der Waals surface area contributed by atoms with Gasteiger partial charge in [0.25, 0.3) is 11.5 Å². The highest BCUT2D eigenvalue weighted by atomic mass is 19.4. The van der Waals surface area contributed by atoms with Crippen LogP contribution in [-0.4, -0.2) is 28.4 Å². The first-order valence-corrected chi connectivity index (χ1v) is 10.1. The fourth-order valence-corrected chi connectivity index (χ4v) is 3.37. The van der Waals surface area contributed by atoms with Crippen molar-refractivity contribution in [1.29, 1.82) is 0 Å². The minimum absolute atomic E-state index is 0.146. The van der Waals surface area contributed by atoms with E-state index < -0.39 is 46.8 Å². The number of amides is 1. The third-order valence-corrected chi connectivity index (χ3v) is 5.36. The van der Waals surface area contributed by atoms with E-state index in [1.54, 1.807) is 19.1 Å². The van der Waals surface area contributed by atoms with Crippen molar-refractivity contribution >= 4 is 5.91 Å². The maximum Gasteiger partial charge on any atom is 0.430 e. The van der Waals surface area contributed by atoms with E-state index in [-0.39, 0.29) is 16.8 Å². The van der Waals surface area contributed by atoms with E-state index in [1.165, 1.54) is 25.1 Å². The van der Waals surface area contributed by atoms with Gasteiger partial charge in [-0.25, -0.2) is 4.39 Å². The minimum atomic E-state index is -6.13. The number of rotatable bonds is 5. The molecule has 1 heterocycles. The number of aryl methyl sites for hydroxylation is 1. The molecule has 0 aliphatic carbocycles. The lowest BCUT2D eigenvalue weighted by Gasteiger charge is -2.33. The van der Waals surface area contributed by atoms with Crippen molar-refractivity contribution in [3.05, 3.63) is 89.0 Å². The number of alkyl halides is 6. The SMILES string of the molecule is Cc1ccc(-c2cc(C(=O)N[C@H](C)c3ccc(F)cn3)cc(C(O)(C(F)(F)F)C(F)(F)F)c2)cc1. The number of halogens is 7. The molecule has 0 radical (unpaired) electrons. The molecule has 186 valence electrons. The fourth-order valence-electron chi connectivity index (χ4n) is 3.37. The van der Waals surface area contributed by atoms with Crippen molar-refractivity contribution in [1.82, 2.24) is 10.3 Å². The second-order valence-electron chi connectivity index (χ2n) is 7.97. The molecule has 4 nitrogen and oxygen atoms in total. The van der Waals surface area contributed by atoms with Gasteiger partial charge in [-0.2, -0.15) is 26.3 Å². The van der Waals surface area contributed by atoms with Gasteiger partial charge in [-0.3, -0.25) is 9.78 Å². The van der Waals surface area contributed by atoms with Crippen LogP contribution in [0.15, 0.2) is 60.8 Å². The highest BCUT2D eigenvalue weighted by Gasteiger charge is 2.71. The number of nitrogens with zero attached hydrogens (tertiary/aromatic N) is 1. The Kier molecular flexibility index (Phi) is 6.94. The van der Waals surface area contributed by atoms with Gasteiger partial charge in [-0.15, -0.1) is 0 Å². The average Bonchev–Trinajstić information content (AvgIpc) is 2.77. The molecule has 1 aromatic heterocycles. The molecular weight excluding hydrogens is 481 g/mol. The number of hydrogen-bond donors (Lipinski definition) is 2. The summed E-state index contributed by atoms with van der Waals surface area (Å²) < 4.78 is 94.5. The summed E-state index contributed by atoms with van der Waals surface area (Å²) in [5.41, 5.74) is -6.27. The van der Waals surface area contributed by atoms with Crippen LogP contribution in [0.2, 0.25) is 0 Å². The number of pyridine rings is 1. The van der Waals surface area contributed by atoms with Gasteiger partial charge in [0.1, 0.15) is 5.82 Å². The molecule has 0 unspecified atom stereocenters. The first-order valence-electron chi connectivity index (χ1n) is 10.1. The van der Waals surface area contributed by atoms with Crippen molar-refractivity contribution in [2.45, 2.75) is 37.8 Å². The van der Waals surface area contributed by atoms with Crippen LogP contribution in [0.5, 0.6) is 0 Å². The smallest absolute Gasteiger partial charge is 0.369 e. The monoisotopic (exact) mass is 500 g/mol. The van der Waals surface area contributed by atoms with E-state index in [0.717, 1.165) is 23.9 Å². The quantitative estimate of drug-likeness (QED) is 0.423. The Morgan fingerprint density at radius 1 is 0.914 bits per heavy atom. The van der Waals surface area contributed by atoms with Gasteiger partial charge in [-0.1, -0.05) is 29.8 Å². The predicted molar refractivity (Wildman–Crippen MR) is 113 cm³/mol. The number of carbonyl (C=O) groups is 1. The van der Waals surface area contributed by atoms with Crippen LogP contribution in [0.4, 0.5) is 30.7 Å². The molecule has 0 fully saturated rings. The van der Waals surface area contributed by atoms with Gasteiger partial charge in [0.15, 0.2) is 0 Å². The number of nitrogens with one attached hydrogen (secondary N) is 1. The summed E-state index contributed by atoms with van der Waals surface area (Å²) in [5, 5.41) is 12.3. The zero-order chi connectivity index (χ0) is 26.2. The molecule has 1 amide bonds. The van der Waals surface area contributed by atoms with Crippen molar-refractivity contribution in [3.63, 3.8) is 0 Å². The van der Waals surface area contributed by atoms with E-state index >= 15 is 0 Å². The zero-order valence-corrected chi connectivity index (χ0v) is 18.3. The molecule has 0 aliphatic rings. The molecule has 35 heavy (non-hydrogen) atoms. The number of benzene rings is 2. The molecule has 0 aliphatic heterocycles. The Morgan fingerprint density at radius 3 is 2.03 bits per heavy atom. The van der Waals surface area contributed by atoms with E-state index in [2.05, 4.69) is 10.3 Å². The Labute approximate surface area is 195 Å².